The summed E-state index contributed by atoms with van der Waals surface area (Å²) >= 11 is 3.37. The molecule has 1 aliphatic carbocycles. The van der Waals surface area contributed by atoms with E-state index in [1.165, 1.54) is 5.57 Å². The quantitative estimate of drug-likeness (QED) is 0.697. The number of rotatable bonds is 1. The third-order valence-electron chi connectivity index (χ3n) is 2.21. The van der Waals surface area contributed by atoms with E-state index < -0.39 is 6.17 Å². The second kappa shape index (κ2) is 3.62. The normalized spacial score (nSPS) is 21.1. The second-order valence-electron chi connectivity index (χ2n) is 3.36. The van der Waals surface area contributed by atoms with E-state index in [1.807, 2.05) is 24.3 Å². The van der Waals surface area contributed by atoms with Gasteiger partial charge in [-0.15, -0.1) is 0 Å². The molecule has 0 aromatic heterocycles. The highest BCUT2D eigenvalue weighted by Gasteiger charge is 2.21. The molecule has 13 heavy (non-hydrogen) atoms. The minimum atomic E-state index is -0.596. The van der Waals surface area contributed by atoms with E-state index in [9.17, 15) is 4.39 Å². The van der Waals surface area contributed by atoms with Crippen LogP contribution >= 0.6 is 15.9 Å². The Morgan fingerprint density at radius 3 is 2.38 bits per heavy atom. The molecule has 0 amide bonds. The minimum Gasteiger partial charge on any atom is -0.247 e. The summed E-state index contributed by atoms with van der Waals surface area (Å²) in [5, 5.41) is 0. The molecule has 68 valence electrons. The van der Waals surface area contributed by atoms with Crippen molar-refractivity contribution in [1.82, 2.24) is 0 Å². The maximum absolute atomic E-state index is 12.5. The highest BCUT2D eigenvalue weighted by molar-refractivity contribution is 9.10. The first-order chi connectivity index (χ1) is 6.24. The average molecular weight is 241 g/mol. The zero-order chi connectivity index (χ0) is 9.26. The third kappa shape index (κ3) is 2.19. The van der Waals surface area contributed by atoms with E-state index in [4.69, 9.17) is 0 Å². The number of hydrogen-bond acceptors (Lipinski definition) is 0. The molecular formula is C11H10BrF. The van der Waals surface area contributed by atoms with E-state index in [-0.39, 0.29) is 0 Å². The van der Waals surface area contributed by atoms with Gasteiger partial charge in [-0.2, -0.15) is 0 Å². The molecule has 0 unspecified atom stereocenters. The molecule has 0 nitrogen and oxygen atoms in total. The summed E-state index contributed by atoms with van der Waals surface area (Å²) in [5.41, 5.74) is 2.37. The molecule has 1 aromatic carbocycles. The highest BCUT2D eigenvalue weighted by Crippen LogP contribution is 2.30. The summed E-state index contributed by atoms with van der Waals surface area (Å²) in [6.45, 7) is 0. The van der Waals surface area contributed by atoms with Crippen LogP contribution in [0.1, 0.15) is 18.4 Å². The molecule has 0 spiro atoms. The fourth-order valence-electron chi connectivity index (χ4n) is 1.42. The predicted octanol–water partition coefficient (Wildman–Crippen LogP) is 3.96. The molecule has 1 fully saturated rings. The van der Waals surface area contributed by atoms with Crippen LogP contribution in [-0.4, -0.2) is 6.17 Å². The minimum absolute atomic E-state index is 0.596. The van der Waals surface area contributed by atoms with E-state index in [1.54, 1.807) is 0 Å². The molecule has 1 aromatic rings. The number of hydrogen-bond donors (Lipinski definition) is 0. The lowest BCUT2D eigenvalue weighted by Gasteiger charge is -2.21. The van der Waals surface area contributed by atoms with Crippen molar-refractivity contribution < 1.29 is 4.39 Å². The van der Waals surface area contributed by atoms with Crippen molar-refractivity contribution >= 4 is 22.0 Å². The lowest BCUT2D eigenvalue weighted by atomic mass is 9.89. The van der Waals surface area contributed by atoms with Crippen LogP contribution < -0.4 is 0 Å². The molecule has 0 atom stereocenters. The summed E-state index contributed by atoms with van der Waals surface area (Å²) in [4.78, 5) is 0. The lowest BCUT2D eigenvalue weighted by molar-refractivity contribution is 0.274. The summed E-state index contributed by atoms with van der Waals surface area (Å²) in [6, 6.07) is 8.06. The van der Waals surface area contributed by atoms with Crippen LogP contribution in [0.4, 0.5) is 4.39 Å². The first-order valence-electron chi connectivity index (χ1n) is 4.33. The fourth-order valence-corrected chi connectivity index (χ4v) is 1.69. The third-order valence-corrected chi connectivity index (χ3v) is 2.74. The number of benzene rings is 1. The molecule has 2 rings (SSSR count). The second-order valence-corrected chi connectivity index (χ2v) is 4.28. The molecular weight excluding hydrogens is 231 g/mol. The van der Waals surface area contributed by atoms with Crippen LogP contribution in [0.2, 0.25) is 0 Å². The van der Waals surface area contributed by atoms with Crippen molar-refractivity contribution in [2.24, 2.45) is 0 Å². The van der Waals surface area contributed by atoms with E-state index >= 15 is 0 Å². The Labute approximate surface area is 85.6 Å². The fraction of sp³-hybridized carbons (Fsp3) is 0.273. The van der Waals surface area contributed by atoms with Crippen molar-refractivity contribution in [3.63, 3.8) is 0 Å². The van der Waals surface area contributed by atoms with Gasteiger partial charge >= 0.3 is 0 Å². The van der Waals surface area contributed by atoms with Crippen molar-refractivity contribution in [1.29, 1.82) is 0 Å². The van der Waals surface area contributed by atoms with Crippen molar-refractivity contribution in [2.75, 3.05) is 0 Å². The van der Waals surface area contributed by atoms with Crippen LogP contribution in [0.3, 0.4) is 0 Å². The smallest absolute Gasteiger partial charge is 0.108 e. The largest absolute Gasteiger partial charge is 0.247 e. The highest BCUT2D eigenvalue weighted by atomic mass is 79.9. The number of allylic oxidation sites excluding steroid dienone is 1. The van der Waals surface area contributed by atoms with Gasteiger partial charge in [-0.05, 0) is 17.7 Å². The summed E-state index contributed by atoms with van der Waals surface area (Å²) in [5.74, 6) is 0. The zero-order valence-electron chi connectivity index (χ0n) is 7.13. The zero-order valence-corrected chi connectivity index (χ0v) is 8.72. The van der Waals surface area contributed by atoms with Gasteiger partial charge in [0, 0.05) is 17.3 Å². The molecule has 0 bridgehead atoms. The number of halogens is 2. The van der Waals surface area contributed by atoms with Crippen molar-refractivity contribution in [3.8, 4) is 0 Å². The lowest BCUT2D eigenvalue weighted by Crippen LogP contribution is -2.14. The van der Waals surface area contributed by atoms with E-state index in [0.717, 1.165) is 10.0 Å². The first kappa shape index (κ1) is 8.95. The standard InChI is InChI=1S/C11H10BrF/c12-10-3-1-8(2-4-10)5-9-6-11(13)7-9/h1-5,11H,6-7H2. The monoisotopic (exact) mass is 240 g/mol. The maximum atomic E-state index is 12.5. The van der Waals surface area contributed by atoms with E-state index in [0.29, 0.717) is 12.8 Å². The Morgan fingerprint density at radius 1 is 1.23 bits per heavy atom. The van der Waals surface area contributed by atoms with Crippen LogP contribution in [-0.2, 0) is 0 Å². The molecule has 0 N–H and O–H groups in total. The molecule has 1 aliphatic rings. The van der Waals surface area contributed by atoms with Crippen LogP contribution in [0.25, 0.3) is 6.08 Å². The Balaban J connectivity index is 2.10. The van der Waals surface area contributed by atoms with Crippen LogP contribution in [0.15, 0.2) is 34.3 Å². The molecule has 2 heteroatoms. The van der Waals surface area contributed by atoms with Gasteiger partial charge in [-0.3, -0.25) is 0 Å². The Morgan fingerprint density at radius 2 is 1.85 bits per heavy atom. The van der Waals surface area contributed by atoms with Gasteiger partial charge in [-0.25, -0.2) is 4.39 Å². The van der Waals surface area contributed by atoms with Crippen LogP contribution in [0, 0.1) is 0 Å². The maximum Gasteiger partial charge on any atom is 0.108 e. The van der Waals surface area contributed by atoms with Crippen LogP contribution in [0.5, 0.6) is 0 Å². The summed E-state index contributed by atoms with van der Waals surface area (Å²) in [7, 11) is 0. The van der Waals surface area contributed by atoms with Crippen molar-refractivity contribution in [3.05, 3.63) is 39.9 Å². The Hall–Kier alpha value is -0.630. The predicted molar refractivity (Wildman–Crippen MR) is 56.2 cm³/mol. The van der Waals surface area contributed by atoms with Gasteiger partial charge < -0.3 is 0 Å². The topological polar surface area (TPSA) is 0 Å². The van der Waals surface area contributed by atoms with Gasteiger partial charge in [0.05, 0.1) is 0 Å². The molecule has 1 saturated carbocycles. The summed E-state index contributed by atoms with van der Waals surface area (Å²) in [6.07, 6.45) is 2.72. The van der Waals surface area contributed by atoms with E-state index in [2.05, 4.69) is 22.0 Å². The van der Waals surface area contributed by atoms with Crippen molar-refractivity contribution in [2.45, 2.75) is 19.0 Å². The van der Waals surface area contributed by atoms with Gasteiger partial charge in [-0.1, -0.05) is 39.7 Å². The SMILES string of the molecule is FC1CC(=Cc2ccc(Br)cc2)C1. The molecule has 0 heterocycles. The molecule has 0 saturated heterocycles. The summed E-state index contributed by atoms with van der Waals surface area (Å²) < 4.78 is 13.6. The number of alkyl halides is 1. The molecule has 0 radical (unpaired) electrons. The first-order valence-corrected chi connectivity index (χ1v) is 5.12. The van der Waals surface area contributed by atoms with Gasteiger partial charge in [0.1, 0.15) is 6.17 Å². The van der Waals surface area contributed by atoms with Gasteiger partial charge in [0.2, 0.25) is 0 Å². The Kier molecular flexibility index (Phi) is 2.49. The molecule has 0 aliphatic heterocycles. The average Bonchev–Trinajstić information content (AvgIpc) is 2.06. The Bertz CT molecular complexity index is 318. The van der Waals surface area contributed by atoms with Gasteiger partial charge in [0.15, 0.2) is 0 Å². The van der Waals surface area contributed by atoms with Gasteiger partial charge in [0.25, 0.3) is 0 Å².